The number of nitrogens with one attached hydrogen (secondary N) is 1. The summed E-state index contributed by atoms with van der Waals surface area (Å²) in [5.74, 6) is 0.675. The monoisotopic (exact) mass is 253 g/mol. The van der Waals surface area contributed by atoms with Crippen LogP contribution in [0.3, 0.4) is 0 Å². The topological polar surface area (TPSA) is 66.5 Å². The van der Waals surface area contributed by atoms with Crippen LogP contribution in [-0.4, -0.2) is 14.8 Å². The predicted molar refractivity (Wildman–Crippen MR) is 71.5 cm³/mol. The van der Waals surface area contributed by atoms with Crippen molar-refractivity contribution in [3.63, 3.8) is 0 Å². The molecule has 0 radical (unpaired) electrons. The minimum Gasteiger partial charge on any atom is -0.363 e. The van der Waals surface area contributed by atoms with Crippen molar-refractivity contribution in [2.45, 2.75) is 25.8 Å². The summed E-state index contributed by atoms with van der Waals surface area (Å²) in [6.07, 6.45) is 5.09. The Bertz CT molecular complexity index is 650. The van der Waals surface area contributed by atoms with Gasteiger partial charge in [0.25, 0.3) is 0 Å². The molecule has 0 fully saturated rings. The Morgan fingerprint density at radius 3 is 3.11 bits per heavy atom. The summed E-state index contributed by atoms with van der Waals surface area (Å²) in [7, 11) is 1.89. The standard InChI is InChI=1S/C14H15N5/c1-19-6-5-12(18-19)9-16-14-11(8-15)7-10-3-2-4-13(10)17-14/h5-7H,2-4,9H2,1H3,(H,16,17). The van der Waals surface area contributed by atoms with Crippen molar-refractivity contribution >= 4 is 5.82 Å². The van der Waals surface area contributed by atoms with Crippen LogP contribution >= 0.6 is 0 Å². The van der Waals surface area contributed by atoms with E-state index in [0.29, 0.717) is 17.9 Å². The van der Waals surface area contributed by atoms with Gasteiger partial charge in [-0.2, -0.15) is 10.4 Å². The van der Waals surface area contributed by atoms with Crippen molar-refractivity contribution in [3.05, 3.63) is 40.8 Å². The molecule has 96 valence electrons. The van der Waals surface area contributed by atoms with E-state index < -0.39 is 0 Å². The molecule has 0 unspecified atom stereocenters. The second kappa shape index (κ2) is 4.73. The minimum absolute atomic E-state index is 0.585. The van der Waals surface area contributed by atoms with Gasteiger partial charge >= 0.3 is 0 Å². The molecule has 0 spiro atoms. The van der Waals surface area contributed by atoms with Gasteiger partial charge in [0.1, 0.15) is 11.9 Å². The molecule has 19 heavy (non-hydrogen) atoms. The van der Waals surface area contributed by atoms with E-state index in [4.69, 9.17) is 0 Å². The SMILES string of the molecule is Cn1ccc(CNc2nc3c(cc2C#N)CCC3)n1. The Kier molecular flexibility index (Phi) is 2.92. The largest absolute Gasteiger partial charge is 0.363 e. The zero-order valence-corrected chi connectivity index (χ0v) is 10.8. The van der Waals surface area contributed by atoms with E-state index in [-0.39, 0.29) is 0 Å². The van der Waals surface area contributed by atoms with Crippen molar-refractivity contribution in [1.82, 2.24) is 14.8 Å². The molecule has 1 N–H and O–H groups in total. The molecule has 2 heterocycles. The molecule has 0 bridgehead atoms. The fraction of sp³-hybridized carbons (Fsp3) is 0.357. The number of hydrogen-bond donors (Lipinski definition) is 1. The van der Waals surface area contributed by atoms with Crippen LogP contribution in [0.5, 0.6) is 0 Å². The van der Waals surface area contributed by atoms with Gasteiger partial charge in [-0.15, -0.1) is 0 Å². The zero-order valence-electron chi connectivity index (χ0n) is 10.8. The number of aromatic nitrogens is 3. The summed E-state index contributed by atoms with van der Waals surface area (Å²) in [6.45, 7) is 0.585. The normalized spacial score (nSPS) is 13.1. The van der Waals surface area contributed by atoms with Crippen LogP contribution in [0.1, 0.15) is 28.9 Å². The molecular formula is C14H15N5. The molecule has 3 rings (SSSR count). The quantitative estimate of drug-likeness (QED) is 0.905. The third-order valence-electron chi connectivity index (χ3n) is 3.38. The third kappa shape index (κ3) is 2.29. The lowest BCUT2D eigenvalue weighted by Crippen LogP contribution is -2.06. The van der Waals surface area contributed by atoms with Crippen molar-refractivity contribution in [1.29, 1.82) is 5.26 Å². The lowest BCUT2D eigenvalue weighted by atomic mass is 10.1. The Hall–Kier alpha value is -2.35. The smallest absolute Gasteiger partial charge is 0.144 e. The van der Waals surface area contributed by atoms with Gasteiger partial charge in [-0.1, -0.05) is 0 Å². The number of pyridine rings is 1. The van der Waals surface area contributed by atoms with Gasteiger partial charge in [-0.25, -0.2) is 4.98 Å². The van der Waals surface area contributed by atoms with Gasteiger partial charge in [-0.05, 0) is 37.0 Å². The molecular weight excluding hydrogens is 238 g/mol. The molecule has 0 saturated carbocycles. The summed E-state index contributed by atoms with van der Waals surface area (Å²) < 4.78 is 1.76. The van der Waals surface area contributed by atoms with Crippen molar-refractivity contribution in [2.24, 2.45) is 7.05 Å². The Morgan fingerprint density at radius 1 is 1.47 bits per heavy atom. The summed E-state index contributed by atoms with van der Waals surface area (Å²) in [5.41, 5.74) is 3.91. The van der Waals surface area contributed by atoms with Crippen molar-refractivity contribution < 1.29 is 0 Å². The number of nitrogens with zero attached hydrogens (tertiary/aromatic N) is 4. The van der Waals surface area contributed by atoms with Gasteiger partial charge < -0.3 is 5.32 Å². The Labute approximate surface area is 111 Å². The first-order valence-electron chi connectivity index (χ1n) is 6.41. The van der Waals surface area contributed by atoms with Gasteiger partial charge in [0.15, 0.2) is 0 Å². The van der Waals surface area contributed by atoms with Gasteiger partial charge in [0.2, 0.25) is 0 Å². The van der Waals surface area contributed by atoms with E-state index in [0.717, 1.165) is 30.7 Å². The van der Waals surface area contributed by atoms with Gasteiger partial charge in [0, 0.05) is 18.9 Å². The molecule has 0 saturated heterocycles. The number of aryl methyl sites for hydroxylation is 3. The highest BCUT2D eigenvalue weighted by Gasteiger charge is 2.16. The molecule has 2 aromatic rings. The maximum Gasteiger partial charge on any atom is 0.144 e. The second-order valence-electron chi connectivity index (χ2n) is 4.79. The molecule has 5 nitrogen and oxygen atoms in total. The van der Waals surface area contributed by atoms with Crippen molar-refractivity contribution in [3.8, 4) is 6.07 Å². The highest BCUT2D eigenvalue weighted by atomic mass is 15.3. The molecule has 1 aliphatic rings. The van der Waals surface area contributed by atoms with Crippen LogP contribution in [0.15, 0.2) is 18.3 Å². The van der Waals surface area contributed by atoms with Gasteiger partial charge in [0.05, 0.1) is 17.8 Å². The molecule has 1 aliphatic carbocycles. The first-order chi connectivity index (χ1) is 9.26. The van der Waals surface area contributed by atoms with Crippen LogP contribution < -0.4 is 5.32 Å². The number of anilines is 1. The lowest BCUT2D eigenvalue weighted by Gasteiger charge is -2.08. The van der Waals surface area contributed by atoms with Crippen LogP contribution in [0.4, 0.5) is 5.82 Å². The average molecular weight is 253 g/mol. The van der Waals surface area contributed by atoms with E-state index in [9.17, 15) is 5.26 Å². The lowest BCUT2D eigenvalue weighted by molar-refractivity contribution is 0.747. The van der Waals surface area contributed by atoms with E-state index in [1.54, 1.807) is 4.68 Å². The fourth-order valence-corrected chi connectivity index (χ4v) is 2.42. The average Bonchev–Trinajstić information content (AvgIpc) is 3.03. The van der Waals surface area contributed by atoms with E-state index >= 15 is 0 Å². The Morgan fingerprint density at radius 2 is 2.37 bits per heavy atom. The summed E-state index contributed by atoms with van der Waals surface area (Å²) >= 11 is 0. The van der Waals surface area contributed by atoms with E-state index in [2.05, 4.69) is 21.5 Å². The fourth-order valence-electron chi connectivity index (χ4n) is 2.42. The van der Waals surface area contributed by atoms with E-state index in [1.807, 2.05) is 25.4 Å². The maximum atomic E-state index is 9.20. The van der Waals surface area contributed by atoms with Gasteiger partial charge in [-0.3, -0.25) is 4.68 Å². The first kappa shape index (κ1) is 11.7. The Balaban J connectivity index is 1.82. The molecule has 0 amide bonds. The maximum absolute atomic E-state index is 9.20. The van der Waals surface area contributed by atoms with Crippen LogP contribution in [0.2, 0.25) is 0 Å². The number of hydrogen-bond acceptors (Lipinski definition) is 4. The van der Waals surface area contributed by atoms with Crippen molar-refractivity contribution in [2.75, 3.05) is 5.32 Å². The molecule has 5 heteroatoms. The number of fused-ring (bicyclic) bond motifs is 1. The third-order valence-corrected chi connectivity index (χ3v) is 3.38. The zero-order chi connectivity index (χ0) is 13.2. The highest BCUT2D eigenvalue weighted by Crippen LogP contribution is 2.25. The van der Waals surface area contributed by atoms with Crippen LogP contribution in [0, 0.1) is 11.3 Å². The first-order valence-corrected chi connectivity index (χ1v) is 6.41. The summed E-state index contributed by atoms with van der Waals surface area (Å²) in [5, 5.41) is 16.7. The number of nitriles is 1. The summed E-state index contributed by atoms with van der Waals surface area (Å²) in [6, 6.07) is 6.14. The second-order valence-corrected chi connectivity index (χ2v) is 4.79. The highest BCUT2D eigenvalue weighted by molar-refractivity contribution is 5.55. The van der Waals surface area contributed by atoms with E-state index in [1.165, 1.54) is 5.56 Å². The summed E-state index contributed by atoms with van der Waals surface area (Å²) in [4.78, 5) is 4.58. The molecule has 0 aliphatic heterocycles. The molecule has 0 aromatic carbocycles. The minimum atomic E-state index is 0.585. The molecule has 0 atom stereocenters. The number of rotatable bonds is 3. The molecule has 2 aromatic heterocycles. The predicted octanol–water partition coefficient (Wildman–Crippen LogP) is 1.79. The van der Waals surface area contributed by atoms with Crippen LogP contribution in [0.25, 0.3) is 0 Å². The van der Waals surface area contributed by atoms with Crippen LogP contribution in [-0.2, 0) is 26.4 Å².